The molecule has 0 aliphatic carbocycles. The topological polar surface area (TPSA) is 74.4 Å². The molecule has 9 heteroatoms. The van der Waals surface area contributed by atoms with Gasteiger partial charge in [0.1, 0.15) is 0 Å². The van der Waals surface area contributed by atoms with E-state index in [1.807, 2.05) is 30.5 Å². The van der Waals surface area contributed by atoms with Crippen molar-refractivity contribution in [2.24, 2.45) is 0 Å². The number of aromatic amines is 2. The standard InChI is InChI=1S/C12H9BrN2OS.C12H9BrN2S/c1-17(16)8-2-3-9-10(5-8)15-11-4-7(13)6-14-12(9)11;1-16-8-2-3-9-10(5-8)15-11-4-7(13)6-14-12(9)11/h2-6,15H,1H3;2-6,15H,1H3. The molecule has 5 nitrogen and oxygen atoms in total. The number of hydrogen-bond acceptors (Lipinski definition) is 4. The Kier molecular flexibility index (Phi) is 6.30. The summed E-state index contributed by atoms with van der Waals surface area (Å²) in [5.74, 6) is 0. The molecule has 0 saturated carbocycles. The van der Waals surface area contributed by atoms with Gasteiger partial charge in [0.2, 0.25) is 0 Å². The molecule has 0 bridgehead atoms. The summed E-state index contributed by atoms with van der Waals surface area (Å²) in [6, 6.07) is 16.2. The van der Waals surface area contributed by atoms with Gasteiger partial charge in [-0.05, 0) is 86.6 Å². The SMILES string of the molecule is CS(=O)c1ccc2c(c1)[nH]c1cc(Br)cnc12.CSc1ccc2c(c1)[nH]c1cc(Br)cnc12. The van der Waals surface area contributed by atoms with Gasteiger partial charge in [-0.2, -0.15) is 0 Å². The Morgan fingerprint density at radius 1 is 0.788 bits per heavy atom. The van der Waals surface area contributed by atoms with Gasteiger partial charge >= 0.3 is 0 Å². The Balaban J connectivity index is 0.000000139. The first kappa shape index (κ1) is 22.6. The number of hydrogen-bond donors (Lipinski definition) is 2. The van der Waals surface area contributed by atoms with Crippen molar-refractivity contribution < 1.29 is 4.21 Å². The highest BCUT2D eigenvalue weighted by atomic mass is 79.9. The van der Waals surface area contributed by atoms with Crippen molar-refractivity contribution in [3.05, 3.63) is 69.9 Å². The average Bonchev–Trinajstić information content (AvgIpc) is 3.34. The van der Waals surface area contributed by atoms with Crippen LogP contribution in [0.4, 0.5) is 0 Å². The molecule has 166 valence electrons. The second-order valence-electron chi connectivity index (χ2n) is 7.42. The first-order chi connectivity index (χ1) is 15.9. The number of thioether (sulfide) groups is 1. The van der Waals surface area contributed by atoms with Gasteiger partial charge in [-0.15, -0.1) is 11.8 Å². The number of benzene rings is 2. The van der Waals surface area contributed by atoms with E-state index >= 15 is 0 Å². The summed E-state index contributed by atoms with van der Waals surface area (Å²) in [5, 5.41) is 2.24. The lowest BCUT2D eigenvalue weighted by Gasteiger charge is -1.95. The van der Waals surface area contributed by atoms with Crippen LogP contribution in [0.1, 0.15) is 0 Å². The number of H-pyrrole nitrogens is 2. The van der Waals surface area contributed by atoms with Crippen LogP contribution in [0, 0.1) is 0 Å². The van der Waals surface area contributed by atoms with Crippen LogP contribution >= 0.6 is 43.6 Å². The molecule has 0 aliphatic rings. The van der Waals surface area contributed by atoms with Crippen molar-refractivity contribution in [1.29, 1.82) is 0 Å². The smallest absolute Gasteiger partial charge is 0.0958 e. The highest BCUT2D eigenvalue weighted by molar-refractivity contribution is 9.10. The van der Waals surface area contributed by atoms with Gasteiger partial charge in [-0.3, -0.25) is 14.2 Å². The summed E-state index contributed by atoms with van der Waals surface area (Å²) in [6.07, 6.45) is 7.37. The molecule has 0 radical (unpaired) electrons. The fourth-order valence-corrected chi connectivity index (χ4v) is 5.41. The minimum absolute atomic E-state index is 0.822. The lowest BCUT2D eigenvalue weighted by atomic mass is 10.2. The van der Waals surface area contributed by atoms with Crippen LogP contribution in [-0.2, 0) is 10.8 Å². The van der Waals surface area contributed by atoms with Crippen LogP contribution in [0.25, 0.3) is 43.9 Å². The van der Waals surface area contributed by atoms with E-state index < -0.39 is 10.8 Å². The fraction of sp³-hybridized carbons (Fsp3) is 0.0833. The third-order valence-electron chi connectivity index (χ3n) is 5.31. The Labute approximate surface area is 213 Å². The third kappa shape index (κ3) is 4.47. The first-order valence-electron chi connectivity index (χ1n) is 9.94. The minimum Gasteiger partial charge on any atom is -0.353 e. The highest BCUT2D eigenvalue weighted by Crippen LogP contribution is 2.29. The molecule has 2 aromatic carbocycles. The Morgan fingerprint density at radius 3 is 1.88 bits per heavy atom. The largest absolute Gasteiger partial charge is 0.353 e. The molecule has 1 unspecified atom stereocenters. The quantitative estimate of drug-likeness (QED) is 0.203. The number of aromatic nitrogens is 4. The molecule has 0 spiro atoms. The predicted octanol–water partition coefficient (Wildman–Crippen LogP) is 7.42. The van der Waals surface area contributed by atoms with Crippen molar-refractivity contribution in [2.75, 3.05) is 12.5 Å². The Bertz CT molecular complexity index is 1680. The van der Waals surface area contributed by atoms with Crippen LogP contribution in [0.2, 0.25) is 0 Å². The summed E-state index contributed by atoms with van der Waals surface area (Å²) in [4.78, 5) is 17.6. The van der Waals surface area contributed by atoms with E-state index in [4.69, 9.17) is 0 Å². The maximum absolute atomic E-state index is 11.4. The number of nitrogens with zero attached hydrogens (tertiary/aromatic N) is 2. The van der Waals surface area contributed by atoms with Gasteiger partial charge in [-0.25, -0.2) is 0 Å². The van der Waals surface area contributed by atoms with E-state index in [-0.39, 0.29) is 0 Å². The van der Waals surface area contributed by atoms with E-state index in [1.165, 1.54) is 10.3 Å². The van der Waals surface area contributed by atoms with Crippen LogP contribution in [0.3, 0.4) is 0 Å². The molecule has 0 aliphatic heterocycles. The van der Waals surface area contributed by atoms with Gasteiger partial charge < -0.3 is 9.97 Å². The molecule has 0 amide bonds. The maximum atomic E-state index is 11.4. The monoisotopic (exact) mass is 600 g/mol. The molecule has 6 rings (SSSR count). The maximum Gasteiger partial charge on any atom is 0.0958 e. The van der Waals surface area contributed by atoms with E-state index in [9.17, 15) is 4.21 Å². The molecule has 0 fully saturated rings. The van der Waals surface area contributed by atoms with Gasteiger partial charge in [0, 0.05) is 70.0 Å². The number of pyridine rings is 2. The number of nitrogens with one attached hydrogen (secondary N) is 2. The van der Waals surface area contributed by atoms with E-state index in [0.29, 0.717) is 0 Å². The Hall–Kier alpha value is -2.20. The molecule has 0 saturated heterocycles. The number of rotatable bonds is 2. The summed E-state index contributed by atoms with van der Waals surface area (Å²) in [5.41, 5.74) is 6.14. The Morgan fingerprint density at radius 2 is 1.33 bits per heavy atom. The molecular weight excluding hydrogens is 584 g/mol. The molecule has 1 atom stereocenters. The fourth-order valence-electron chi connectivity index (χ4n) is 3.76. The van der Waals surface area contributed by atoms with Crippen LogP contribution in [-0.4, -0.2) is 36.7 Å². The van der Waals surface area contributed by atoms with Crippen molar-refractivity contribution in [3.8, 4) is 0 Å². The van der Waals surface area contributed by atoms with Gasteiger partial charge in [-0.1, -0.05) is 0 Å². The van der Waals surface area contributed by atoms with Crippen LogP contribution in [0.15, 0.2) is 79.7 Å². The molecule has 6 aromatic rings. The number of fused-ring (bicyclic) bond motifs is 6. The summed E-state index contributed by atoms with van der Waals surface area (Å²) >= 11 is 8.57. The second kappa shape index (κ2) is 9.21. The number of halogens is 2. The molecular formula is C24H18Br2N4OS2. The molecule has 4 heterocycles. The zero-order valence-corrected chi connectivity index (χ0v) is 22.5. The first-order valence-corrected chi connectivity index (χ1v) is 14.3. The van der Waals surface area contributed by atoms with Crippen molar-refractivity contribution in [1.82, 2.24) is 19.9 Å². The third-order valence-corrected chi connectivity index (χ3v) is 7.82. The lowest BCUT2D eigenvalue weighted by Crippen LogP contribution is -1.85. The highest BCUT2D eigenvalue weighted by Gasteiger charge is 2.08. The summed E-state index contributed by atoms with van der Waals surface area (Å²) in [6.45, 7) is 0. The van der Waals surface area contributed by atoms with Gasteiger partial charge in [0.25, 0.3) is 0 Å². The van der Waals surface area contributed by atoms with Crippen LogP contribution < -0.4 is 0 Å². The normalized spacial score (nSPS) is 12.4. The predicted molar refractivity (Wildman–Crippen MR) is 147 cm³/mol. The molecule has 33 heavy (non-hydrogen) atoms. The molecule has 4 aromatic heterocycles. The summed E-state index contributed by atoms with van der Waals surface area (Å²) in [7, 11) is -0.961. The van der Waals surface area contributed by atoms with Gasteiger partial charge in [0.05, 0.1) is 22.1 Å². The van der Waals surface area contributed by atoms with Crippen molar-refractivity contribution in [2.45, 2.75) is 9.79 Å². The van der Waals surface area contributed by atoms with Crippen LogP contribution in [0.5, 0.6) is 0 Å². The second-order valence-corrected chi connectivity index (χ2v) is 11.5. The van der Waals surface area contributed by atoms with Crippen molar-refractivity contribution in [3.63, 3.8) is 0 Å². The zero-order valence-electron chi connectivity index (χ0n) is 17.6. The van der Waals surface area contributed by atoms with E-state index in [2.05, 4.69) is 82.3 Å². The zero-order chi connectivity index (χ0) is 23.1. The molecule has 2 N–H and O–H groups in total. The van der Waals surface area contributed by atoms with Crippen molar-refractivity contribution >= 4 is 98.3 Å². The summed E-state index contributed by atoms with van der Waals surface area (Å²) < 4.78 is 13.4. The van der Waals surface area contributed by atoms with E-state index in [1.54, 1.807) is 24.2 Å². The lowest BCUT2D eigenvalue weighted by molar-refractivity contribution is 0.687. The average molecular weight is 602 g/mol. The minimum atomic E-state index is -0.961. The van der Waals surface area contributed by atoms with E-state index in [0.717, 1.165) is 52.3 Å². The van der Waals surface area contributed by atoms with Gasteiger partial charge in [0.15, 0.2) is 0 Å².